The largest absolute Gasteiger partial charge is 0.383 e. The van der Waals surface area contributed by atoms with Gasteiger partial charge in [-0.3, -0.25) is 9.69 Å². The average molecular weight is 160 g/mol. The smallest absolute Gasteiger partial charge is 0.233 e. The molecule has 4 nitrogen and oxygen atoms in total. The van der Waals surface area contributed by atoms with Crippen molar-refractivity contribution in [3.05, 3.63) is 0 Å². The fourth-order valence-corrected chi connectivity index (χ4v) is 0.650. The van der Waals surface area contributed by atoms with Crippen LogP contribution in [0.15, 0.2) is 0 Å². The molecule has 0 heterocycles. The highest BCUT2D eigenvalue weighted by atomic mass is 16.5. The molecular weight excluding hydrogens is 144 g/mol. The Labute approximate surface area is 67.5 Å². The lowest BCUT2D eigenvalue weighted by molar-refractivity contribution is -0.121. The maximum Gasteiger partial charge on any atom is 0.233 e. The second kappa shape index (κ2) is 6.12. The summed E-state index contributed by atoms with van der Waals surface area (Å²) in [5.74, 6) is 0.0311. The van der Waals surface area contributed by atoms with Crippen molar-refractivity contribution in [3.8, 4) is 0 Å². The average Bonchev–Trinajstić information content (AvgIpc) is 2.00. The van der Waals surface area contributed by atoms with Gasteiger partial charge in [-0.05, 0) is 7.05 Å². The predicted octanol–water partition coefficient (Wildman–Crippen LogP) is -0.689. The fraction of sp³-hybridized carbons (Fsp3) is 0.857. The van der Waals surface area contributed by atoms with Crippen LogP contribution in [0.2, 0.25) is 0 Å². The molecule has 11 heavy (non-hydrogen) atoms. The van der Waals surface area contributed by atoms with Gasteiger partial charge in [-0.15, -0.1) is 0 Å². The summed E-state index contributed by atoms with van der Waals surface area (Å²) in [5.41, 5.74) is 0. The number of carbonyl (C=O) groups is 1. The number of nitrogens with zero attached hydrogens (tertiary/aromatic N) is 1. The first-order chi connectivity index (χ1) is 5.20. The molecular formula is C7H16N2O2. The van der Waals surface area contributed by atoms with E-state index in [0.717, 1.165) is 6.54 Å². The van der Waals surface area contributed by atoms with Crippen molar-refractivity contribution in [1.29, 1.82) is 0 Å². The summed E-state index contributed by atoms with van der Waals surface area (Å²) in [6, 6.07) is 0. The first kappa shape index (κ1) is 10.4. The quantitative estimate of drug-likeness (QED) is 0.579. The first-order valence-electron chi connectivity index (χ1n) is 3.58. The van der Waals surface area contributed by atoms with E-state index in [0.29, 0.717) is 13.2 Å². The lowest BCUT2D eigenvalue weighted by Crippen LogP contribution is -2.34. The number of nitrogens with one attached hydrogen (secondary N) is 1. The summed E-state index contributed by atoms with van der Waals surface area (Å²) in [6.07, 6.45) is 0. The van der Waals surface area contributed by atoms with Gasteiger partial charge in [0.15, 0.2) is 0 Å². The molecule has 4 heteroatoms. The van der Waals surface area contributed by atoms with Crippen molar-refractivity contribution in [2.45, 2.75) is 0 Å². The van der Waals surface area contributed by atoms with Gasteiger partial charge in [0.2, 0.25) is 5.91 Å². The molecule has 0 rings (SSSR count). The third-order valence-corrected chi connectivity index (χ3v) is 1.37. The maximum absolute atomic E-state index is 10.8. The van der Waals surface area contributed by atoms with Crippen LogP contribution in [-0.4, -0.2) is 51.7 Å². The molecule has 1 N–H and O–H groups in total. The third-order valence-electron chi connectivity index (χ3n) is 1.37. The van der Waals surface area contributed by atoms with Crippen LogP contribution in [0.3, 0.4) is 0 Å². The summed E-state index contributed by atoms with van der Waals surface area (Å²) in [6.45, 7) is 1.87. The Balaban J connectivity index is 3.35. The van der Waals surface area contributed by atoms with Crippen molar-refractivity contribution in [2.24, 2.45) is 0 Å². The standard InChI is InChI=1S/C7H16N2O2/c1-8-7(10)6-9(2)4-5-11-3/h4-6H2,1-3H3,(H,8,10). The minimum atomic E-state index is 0.0311. The van der Waals surface area contributed by atoms with Crippen molar-refractivity contribution >= 4 is 5.91 Å². The van der Waals surface area contributed by atoms with Gasteiger partial charge >= 0.3 is 0 Å². The molecule has 0 spiro atoms. The maximum atomic E-state index is 10.8. The Bertz CT molecular complexity index is 117. The number of ether oxygens (including phenoxy) is 1. The molecule has 0 saturated heterocycles. The van der Waals surface area contributed by atoms with Gasteiger partial charge in [-0.2, -0.15) is 0 Å². The SMILES string of the molecule is CNC(=O)CN(C)CCOC. The van der Waals surface area contributed by atoms with Crippen molar-refractivity contribution in [2.75, 3.05) is 40.9 Å². The Morgan fingerprint density at radius 1 is 1.64 bits per heavy atom. The Hall–Kier alpha value is -0.610. The van der Waals surface area contributed by atoms with Gasteiger partial charge in [0.1, 0.15) is 0 Å². The molecule has 0 saturated carbocycles. The second-order valence-electron chi connectivity index (χ2n) is 2.40. The molecule has 0 aliphatic heterocycles. The topological polar surface area (TPSA) is 41.6 Å². The van der Waals surface area contributed by atoms with Crippen LogP contribution in [0.25, 0.3) is 0 Å². The van der Waals surface area contributed by atoms with E-state index in [1.54, 1.807) is 14.2 Å². The van der Waals surface area contributed by atoms with Crippen LogP contribution < -0.4 is 5.32 Å². The van der Waals surface area contributed by atoms with Crippen LogP contribution >= 0.6 is 0 Å². The van der Waals surface area contributed by atoms with Crippen LogP contribution in [0.4, 0.5) is 0 Å². The number of hydrogen-bond acceptors (Lipinski definition) is 3. The summed E-state index contributed by atoms with van der Waals surface area (Å²) < 4.78 is 4.85. The van der Waals surface area contributed by atoms with Crippen molar-refractivity contribution < 1.29 is 9.53 Å². The van der Waals surface area contributed by atoms with E-state index in [-0.39, 0.29) is 5.91 Å². The molecule has 0 radical (unpaired) electrons. The van der Waals surface area contributed by atoms with Gasteiger partial charge < -0.3 is 10.1 Å². The lowest BCUT2D eigenvalue weighted by atomic mass is 10.5. The number of rotatable bonds is 5. The molecule has 0 bridgehead atoms. The first-order valence-corrected chi connectivity index (χ1v) is 3.58. The van der Waals surface area contributed by atoms with Crippen molar-refractivity contribution in [1.82, 2.24) is 10.2 Å². The molecule has 0 atom stereocenters. The highest BCUT2D eigenvalue weighted by Gasteiger charge is 2.02. The number of methoxy groups -OCH3 is 1. The number of hydrogen-bond donors (Lipinski definition) is 1. The fourth-order valence-electron chi connectivity index (χ4n) is 0.650. The van der Waals surface area contributed by atoms with E-state index < -0.39 is 0 Å². The minimum Gasteiger partial charge on any atom is -0.383 e. The highest BCUT2D eigenvalue weighted by molar-refractivity contribution is 5.77. The highest BCUT2D eigenvalue weighted by Crippen LogP contribution is 1.81. The molecule has 66 valence electrons. The Morgan fingerprint density at radius 3 is 2.73 bits per heavy atom. The zero-order chi connectivity index (χ0) is 8.69. The summed E-state index contributed by atoms with van der Waals surface area (Å²) >= 11 is 0. The molecule has 0 aromatic carbocycles. The molecule has 0 fully saturated rings. The normalized spacial score (nSPS) is 10.2. The van der Waals surface area contributed by atoms with Gasteiger partial charge in [-0.25, -0.2) is 0 Å². The number of carbonyl (C=O) groups excluding carboxylic acids is 1. The molecule has 1 amide bonds. The molecule has 0 aliphatic rings. The molecule has 0 unspecified atom stereocenters. The Morgan fingerprint density at radius 2 is 2.27 bits per heavy atom. The van der Waals surface area contributed by atoms with Crippen LogP contribution in [-0.2, 0) is 9.53 Å². The van der Waals surface area contributed by atoms with Crippen LogP contribution in [0.5, 0.6) is 0 Å². The van der Waals surface area contributed by atoms with E-state index in [1.165, 1.54) is 0 Å². The number of amides is 1. The van der Waals surface area contributed by atoms with Gasteiger partial charge in [-0.1, -0.05) is 0 Å². The Kier molecular flexibility index (Phi) is 5.78. The lowest BCUT2D eigenvalue weighted by Gasteiger charge is -2.13. The monoisotopic (exact) mass is 160 g/mol. The van der Waals surface area contributed by atoms with E-state index >= 15 is 0 Å². The third kappa shape index (κ3) is 5.82. The molecule has 0 aliphatic carbocycles. The molecule has 0 aromatic rings. The predicted molar refractivity (Wildman–Crippen MR) is 43.4 cm³/mol. The number of likely N-dealkylation sites (N-methyl/N-ethyl adjacent to an activating group) is 2. The van der Waals surface area contributed by atoms with Crippen LogP contribution in [0, 0.1) is 0 Å². The van der Waals surface area contributed by atoms with Crippen LogP contribution in [0.1, 0.15) is 0 Å². The van der Waals surface area contributed by atoms with E-state index in [4.69, 9.17) is 4.74 Å². The summed E-state index contributed by atoms with van der Waals surface area (Å²) in [7, 11) is 5.16. The molecule has 0 aromatic heterocycles. The van der Waals surface area contributed by atoms with Crippen molar-refractivity contribution in [3.63, 3.8) is 0 Å². The van der Waals surface area contributed by atoms with E-state index in [2.05, 4.69) is 5.32 Å². The van der Waals surface area contributed by atoms with Gasteiger partial charge in [0, 0.05) is 20.7 Å². The van der Waals surface area contributed by atoms with E-state index in [1.807, 2.05) is 11.9 Å². The second-order valence-corrected chi connectivity index (χ2v) is 2.40. The van der Waals surface area contributed by atoms with Gasteiger partial charge in [0.05, 0.1) is 13.2 Å². The zero-order valence-electron chi connectivity index (χ0n) is 7.39. The van der Waals surface area contributed by atoms with Gasteiger partial charge in [0.25, 0.3) is 0 Å². The zero-order valence-corrected chi connectivity index (χ0v) is 7.39. The van der Waals surface area contributed by atoms with E-state index in [9.17, 15) is 4.79 Å². The summed E-state index contributed by atoms with van der Waals surface area (Å²) in [4.78, 5) is 12.7. The minimum absolute atomic E-state index is 0.0311. The summed E-state index contributed by atoms with van der Waals surface area (Å²) in [5, 5.41) is 2.55.